The van der Waals surface area contributed by atoms with E-state index < -0.39 is 0 Å². The third-order valence-electron chi connectivity index (χ3n) is 0.167. The molecule has 4 N–H and O–H groups in total. The van der Waals surface area contributed by atoms with E-state index in [9.17, 15) is 0 Å². The highest BCUT2D eigenvalue weighted by molar-refractivity contribution is 4.26. The lowest BCUT2D eigenvalue weighted by molar-refractivity contribution is 0.976. The fourth-order valence-corrected chi connectivity index (χ4v) is 0. The van der Waals surface area contributed by atoms with Gasteiger partial charge in [-0.3, -0.25) is 0 Å². The van der Waals surface area contributed by atoms with Gasteiger partial charge < -0.3 is 11.5 Å². The van der Waals surface area contributed by atoms with E-state index in [1.807, 2.05) is 0 Å². The van der Waals surface area contributed by atoms with Crippen LogP contribution in [0.5, 0.6) is 0 Å². The molecule has 2 nitrogen and oxygen atoms in total. The molecule has 0 aromatic rings. The van der Waals surface area contributed by atoms with Crippen molar-refractivity contribution in [3.05, 3.63) is 0 Å². The zero-order valence-corrected chi connectivity index (χ0v) is 2.57. The molecule has 0 atom stereocenters. The van der Waals surface area contributed by atoms with Crippen molar-refractivity contribution in [2.24, 2.45) is 11.5 Å². The first kappa shape index (κ1) is 3.92. The predicted octanol–water partition coefficient (Wildman–Crippen LogP) is -0.850. The molecule has 0 aliphatic carbocycles. The Kier molecular flexibility index (Phi) is 2.86. The summed E-state index contributed by atoms with van der Waals surface area (Å²) in [6.45, 7) is 1.19. The van der Waals surface area contributed by atoms with Gasteiger partial charge in [0.15, 0.2) is 0 Å². The van der Waals surface area contributed by atoms with Crippen LogP contribution in [0.15, 0.2) is 0 Å². The molecule has 0 amide bonds. The number of nitrogens with two attached hydrogens (primary N) is 2. The molecule has 0 aliphatic heterocycles. The van der Waals surface area contributed by atoms with Crippen LogP contribution in [0.1, 0.15) is 1.43 Å². The van der Waals surface area contributed by atoms with E-state index in [2.05, 4.69) is 0 Å². The molecule has 0 unspecified atom stereocenters. The van der Waals surface area contributed by atoms with Gasteiger partial charge in [-0.25, -0.2) is 0 Å². The highest BCUT2D eigenvalue weighted by Gasteiger charge is 1.54. The molecule has 0 aromatic carbocycles. The largest absolute Gasteiger partial charge is 0.329 e. The topological polar surface area (TPSA) is 52.0 Å². The second-order valence-electron chi connectivity index (χ2n) is 0.577. The van der Waals surface area contributed by atoms with E-state index in [0.29, 0.717) is 13.1 Å². The van der Waals surface area contributed by atoms with Gasteiger partial charge in [0.05, 0.1) is 0 Å². The van der Waals surface area contributed by atoms with E-state index in [4.69, 9.17) is 11.5 Å². The maximum Gasteiger partial charge on any atom is 0.00461 e. The van der Waals surface area contributed by atoms with Crippen LogP contribution >= 0.6 is 0 Å². The summed E-state index contributed by atoms with van der Waals surface area (Å²) in [5.74, 6) is 0. The lowest BCUT2D eigenvalue weighted by Gasteiger charge is -1.72. The molecule has 2 heteroatoms. The lowest BCUT2D eigenvalue weighted by atomic mass is 10.7. The summed E-state index contributed by atoms with van der Waals surface area (Å²) in [6.07, 6.45) is 0. The minimum Gasteiger partial charge on any atom is -0.329 e. The van der Waals surface area contributed by atoms with Gasteiger partial charge in [0.25, 0.3) is 0 Å². The van der Waals surface area contributed by atoms with Gasteiger partial charge in [0.2, 0.25) is 0 Å². The standard InChI is InChI=1S/C2H8N2.H2/c3-1-2-4;/h1-4H2;1H. The van der Waals surface area contributed by atoms with Crippen LogP contribution in [0.3, 0.4) is 0 Å². The zero-order chi connectivity index (χ0) is 3.41. The average Bonchev–Trinajstić information content (AvgIpc) is 1.37. The van der Waals surface area contributed by atoms with Gasteiger partial charge in [-0.2, -0.15) is 0 Å². The summed E-state index contributed by atoms with van der Waals surface area (Å²) in [5, 5.41) is 0. The average molecular weight is 62.1 g/mol. The SMILES string of the molecule is NCCN.[HH]. The van der Waals surface area contributed by atoms with Gasteiger partial charge in [0, 0.05) is 14.5 Å². The van der Waals surface area contributed by atoms with Gasteiger partial charge in [-0.05, 0) is 0 Å². The third-order valence-corrected chi connectivity index (χ3v) is 0.167. The van der Waals surface area contributed by atoms with Crippen LogP contribution in [-0.2, 0) is 0 Å². The molecule has 0 fully saturated rings. The fraction of sp³-hybridized carbons (Fsp3) is 1.00. The fourth-order valence-electron chi connectivity index (χ4n) is 0. The van der Waals surface area contributed by atoms with Crippen molar-refractivity contribution in [3.8, 4) is 0 Å². The van der Waals surface area contributed by atoms with Crippen molar-refractivity contribution in [1.82, 2.24) is 0 Å². The normalized spacial score (nSPS) is 7.50. The Balaban J connectivity index is 0. The molecule has 0 saturated carbocycles. The van der Waals surface area contributed by atoms with Crippen molar-refractivity contribution in [2.45, 2.75) is 0 Å². The van der Waals surface area contributed by atoms with Crippen molar-refractivity contribution >= 4 is 0 Å². The summed E-state index contributed by atoms with van der Waals surface area (Å²) in [4.78, 5) is 0. The van der Waals surface area contributed by atoms with E-state index in [-0.39, 0.29) is 1.43 Å². The molecular formula is C2H10N2. The van der Waals surface area contributed by atoms with Crippen LogP contribution in [0, 0.1) is 0 Å². The van der Waals surface area contributed by atoms with Gasteiger partial charge in [-0.1, -0.05) is 0 Å². The minimum atomic E-state index is 0. The van der Waals surface area contributed by atoms with Gasteiger partial charge in [0.1, 0.15) is 0 Å². The first-order chi connectivity index (χ1) is 1.91. The molecule has 0 aliphatic rings. The van der Waals surface area contributed by atoms with Crippen LogP contribution in [0.25, 0.3) is 0 Å². The Morgan fingerprint density at radius 2 is 1.50 bits per heavy atom. The summed E-state index contributed by atoms with van der Waals surface area (Å²) in [7, 11) is 0. The zero-order valence-electron chi connectivity index (χ0n) is 2.57. The molecule has 0 saturated heterocycles. The molecule has 28 valence electrons. The molecule has 0 bridgehead atoms. The second-order valence-corrected chi connectivity index (χ2v) is 0.577. The third kappa shape index (κ3) is 1.92. The molecular weight excluding hydrogens is 52.0 g/mol. The van der Waals surface area contributed by atoms with Crippen molar-refractivity contribution in [2.75, 3.05) is 13.1 Å². The highest BCUT2D eigenvalue weighted by Crippen LogP contribution is 1.24. The summed E-state index contributed by atoms with van der Waals surface area (Å²) in [6, 6.07) is 0. The van der Waals surface area contributed by atoms with Crippen LogP contribution < -0.4 is 11.5 Å². The van der Waals surface area contributed by atoms with Crippen molar-refractivity contribution in [1.29, 1.82) is 0 Å². The molecule has 4 heavy (non-hydrogen) atoms. The monoisotopic (exact) mass is 62.1 g/mol. The van der Waals surface area contributed by atoms with Crippen LogP contribution in [0.2, 0.25) is 0 Å². The molecule has 0 rings (SSSR count). The van der Waals surface area contributed by atoms with E-state index in [1.54, 1.807) is 0 Å². The number of rotatable bonds is 1. The van der Waals surface area contributed by atoms with Crippen LogP contribution in [0.4, 0.5) is 0 Å². The van der Waals surface area contributed by atoms with E-state index in [1.165, 1.54) is 0 Å². The smallest absolute Gasteiger partial charge is 0.00461 e. The summed E-state index contributed by atoms with van der Waals surface area (Å²) in [5.41, 5.74) is 9.81. The van der Waals surface area contributed by atoms with E-state index >= 15 is 0 Å². The van der Waals surface area contributed by atoms with Gasteiger partial charge in [-0.15, -0.1) is 0 Å². The molecule has 0 aromatic heterocycles. The number of hydrogen-bond donors (Lipinski definition) is 2. The maximum absolute atomic E-state index is 4.90. The quantitative estimate of drug-likeness (QED) is 0.415. The Bertz CT molecular complexity index is 9.61. The Morgan fingerprint density at radius 1 is 1.25 bits per heavy atom. The van der Waals surface area contributed by atoms with Gasteiger partial charge >= 0.3 is 0 Å². The summed E-state index contributed by atoms with van der Waals surface area (Å²) < 4.78 is 0. The Morgan fingerprint density at radius 3 is 1.50 bits per heavy atom. The first-order valence-electron chi connectivity index (χ1n) is 1.32. The Hall–Kier alpha value is -0.0800. The second kappa shape index (κ2) is 2.92. The van der Waals surface area contributed by atoms with Crippen molar-refractivity contribution in [3.63, 3.8) is 0 Å². The first-order valence-corrected chi connectivity index (χ1v) is 1.32. The van der Waals surface area contributed by atoms with Crippen LogP contribution in [-0.4, -0.2) is 13.1 Å². The Labute approximate surface area is 27.3 Å². The molecule has 0 radical (unpaired) electrons. The predicted molar refractivity (Wildman–Crippen MR) is 20.2 cm³/mol. The van der Waals surface area contributed by atoms with Crippen molar-refractivity contribution < 1.29 is 1.43 Å². The minimum absolute atomic E-state index is 0. The highest BCUT2D eigenvalue weighted by atomic mass is 14.6. The number of hydrogen-bond acceptors (Lipinski definition) is 2. The summed E-state index contributed by atoms with van der Waals surface area (Å²) >= 11 is 0. The van der Waals surface area contributed by atoms with E-state index in [0.717, 1.165) is 0 Å². The molecule has 0 heterocycles. The molecule has 0 spiro atoms. The maximum atomic E-state index is 4.90. The lowest BCUT2D eigenvalue weighted by Crippen LogP contribution is -2.11.